The van der Waals surface area contributed by atoms with Gasteiger partial charge in [0.15, 0.2) is 11.5 Å². The molecule has 0 saturated heterocycles. The van der Waals surface area contributed by atoms with Gasteiger partial charge in [-0.3, -0.25) is 0 Å². The van der Waals surface area contributed by atoms with Crippen LogP contribution < -0.4 is 10.6 Å². The van der Waals surface area contributed by atoms with Crippen molar-refractivity contribution < 1.29 is 0 Å². The predicted octanol–water partition coefficient (Wildman–Crippen LogP) is 2.82. The lowest BCUT2D eigenvalue weighted by Crippen LogP contribution is -2.03. The average Bonchev–Trinajstić information content (AvgIpc) is 2.89. The van der Waals surface area contributed by atoms with Gasteiger partial charge in [-0.2, -0.15) is 0 Å². The standard InChI is InChI=1S/C14H15N5/c1-10-5-3-4-6-11(10)17-13-14-16-7-8-19(14)9-12(15-2)18-13/h3-9,15H,1-2H3,(H,17,18). The summed E-state index contributed by atoms with van der Waals surface area (Å²) in [4.78, 5) is 8.85. The second kappa shape index (κ2) is 4.61. The lowest BCUT2D eigenvalue weighted by molar-refractivity contribution is 1.12. The summed E-state index contributed by atoms with van der Waals surface area (Å²) in [5.74, 6) is 1.53. The first-order chi connectivity index (χ1) is 9.28. The van der Waals surface area contributed by atoms with Crippen molar-refractivity contribution in [1.82, 2.24) is 14.4 Å². The highest BCUT2D eigenvalue weighted by Crippen LogP contribution is 2.23. The van der Waals surface area contributed by atoms with Gasteiger partial charge < -0.3 is 15.0 Å². The van der Waals surface area contributed by atoms with E-state index in [0.29, 0.717) is 0 Å². The second-order valence-corrected chi connectivity index (χ2v) is 4.32. The Bertz CT molecular complexity index is 717. The Kier molecular flexibility index (Phi) is 2.79. The molecule has 2 aromatic heterocycles. The maximum absolute atomic E-state index is 4.52. The van der Waals surface area contributed by atoms with E-state index in [1.165, 1.54) is 5.56 Å². The molecule has 3 aromatic rings. The van der Waals surface area contributed by atoms with Gasteiger partial charge in [-0.15, -0.1) is 0 Å². The third-order valence-corrected chi connectivity index (χ3v) is 3.03. The summed E-state index contributed by atoms with van der Waals surface area (Å²) in [6.45, 7) is 2.06. The van der Waals surface area contributed by atoms with Crippen LogP contribution in [0.1, 0.15) is 5.56 Å². The average molecular weight is 253 g/mol. The van der Waals surface area contributed by atoms with E-state index in [1.54, 1.807) is 6.20 Å². The van der Waals surface area contributed by atoms with Crippen molar-refractivity contribution in [2.45, 2.75) is 6.92 Å². The van der Waals surface area contributed by atoms with Crippen molar-refractivity contribution in [1.29, 1.82) is 0 Å². The number of hydrogen-bond donors (Lipinski definition) is 2. The second-order valence-electron chi connectivity index (χ2n) is 4.32. The Morgan fingerprint density at radius 2 is 2.05 bits per heavy atom. The largest absolute Gasteiger partial charge is 0.372 e. The topological polar surface area (TPSA) is 54.2 Å². The minimum atomic E-state index is 0.742. The fourth-order valence-corrected chi connectivity index (χ4v) is 1.98. The van der Waals surface area contributed by atoms with E-state index in [4.69, 9.17) is 0 Å². The molecule has 0 atom stereocenters. The Morgan fingerprint density at radius 1 is 1.21 bits per heavy atom. The van der Waals surface area contributed by atoms with Gasteiger partial charge in [0.25, 0.3) is 0 Å². The molecule has 2 heterocycles. The van der Waals surface area contributed by atoms with Gasteiger partial charge in [0.1, 0.15) is 5.82 Å². The molecular weight excluding hydrogens is 238 g/mol. The zero-order chi connectivity index (χ0) is 13.2. The Hall–Kier alpha value is -2.56. The van der Waals surface area contributed by atoms with E-state index >= 15 is 0 Å². The van der Waals surface area contributed by atoms with Crippen LogP contribution in [0.2, 0.25) is 0 Å². The number of imidazole rings is 1. The highest BCUT2D eigenvalue weighted by Gasteiger charge is 2.08. The molecule has 96 valence electrons. The summed E-state index contributed by atoms with van der Waals surface area (Å²) in [6.07, 6.45) is 5.58. The first-order valence-electron chi connectivity index (χ1n) is 6.12. The number of anilines is 3. The van der Waals surface area contributed by atoms with E-state index < -0.39 is 0 Å². The number of rotatable bonds is 3. The van der Waals surface area contributed by atoms with Crippen LogP contribution in [-0.4, -0.2) is 21.4 Å². The van der Waals surface area contributed by atoms with Gasteiger partial charge in [-0.1, -0.05) is 18.2 Å². The molecule has 0 aliphatic rings. The lowest BCUT2D eigenvalue weighted by Gasteiger charge is -2.11. The smallest absolute Gasteiger partial charge is 0.180 e. The molecule has 5 nitrogen and oxygen atoms in total. The quantitative estimate of drug-likeness (QED) is 0.753. The van der Waals surface area contributed by atoms with Crippen molar-refractivity contribution in [3.05, 3.63) is 48.4 Å². The lowest BCUT2D eigenvalue weighted by atomic mass is 10.2. The predicted molar refractivity (Wildman–Crippen MR) is 77.0 cm³/mol. The van der Waals surface area contributed by atoms with E-state index in [0.717, 1.165) is 23.0 Å². The zero-order valence-electron chi connectivity index (χ0n) is 10.9. The molecule has 0 spiro atoms. The van der Waals surface area contributed by atoms with Gasteiger partial charge in [0, 0.05) is 25.1 Å². The SMILES string of the molecule is CNc1cn2ccnc2c(Nc2ccccc2C)n1. The number of nitrogens with zero attached hydrogens (tertiary/aromatic N) is 3. The maximum Gasteiger partial charge on any atom is 0.180 e. The molecule has 0 fully saturated rings. The summed E-state index contributed by atoms with van der Waals surface area (Å²) in [5.41, 5.74) is 3.01. The molecule has 1 aromatic carbocycles. The van der Waals surface area contributed by atoms with Crippen molar-refractivity contribution in [3.63, 3.8) is 0 Å². The summed E-state index contributed by atoms with van der Waals surface area (Å²) < 4.78 is 1.94. The van der Waals surface area contributed by atoms with Gasteiger partial charge in [0.2, 0.25) is 0 Å². The molecule has 0 aliphatic heterocycles. The molecule has 0 bridgehead atoms. The van der Waals surface area contributed by atoms with Crippen LogP contribution in [0.25, 0.3) is 5.65 Å². The number of benzene rings is 1. The van der Waals surface area contributed by atoms with Crippen LogP contribution in [0.5, 0.6) is 0 Å². The first kappa shape index (κ1) is 11.5. The van der Waals surface area contributed by atoms with Crippen LogP contribution in [0.15, 0.2) is 42.9 Å². The van der Waals surface area contributed by atoms with Crippen molar-refractivity contribution in [2.75, 3.05) is 17.7 Å². The van der Waals surface area contributed by atoms with Crippen molar-refractivity contribution >= 4 is 23.0 Å². The molecule has 19 heavy (non-hydrogen) atoms. The minimum Gasteiger partial charge on any atom is -0.372 e. The third kappa shape index (κ3) is 2.10. The molecular formula is C14H15N5. The maximum atomic E-state index is 4.52. The highest BCUT2D eigenvalue weighted by atomic mass is 15.1. The molecule has 0 radical (unpaired) electrons. The summed E-state index contributed by atoms with van der Waals surface area (Å²) in [7, 11) is 1.85. The van der Waals surface area contributed by atoms with Crippen LogP contribution >= 0.6 is 0 Å². The fraction of sp³-hybridized carbons (Fsp3) is 0.143. The van der Waals surface area contributed by atoms with Gasteiger partial charge in [0.05, 0.1) is 6.20 Å². The Balaban J connectivity index is 2.09. The number of nitrogens with one attached hydrogen (secondary N) is 2. The molecule has 5 heteroatoms. The zero-order valence-corrected chi connectivity index (χ0v) is 10.9. The Labute approximate surface area is 111 Å². The monoisotopic (exact) mass is 253 g/mol. The van der Waals surface area contributed by atoms with Crippen LogP contribution in [0.4, 0.5) is 17.3 Å². The van der Waals surface area contributed by atoms with Gasteiger partial charge in [-0.05, 0) is 18.6 Å². The molecule has 0 amide bonds. The van der Waals surface area contributed by atoms with Crippen molar-refractivity contribution in [3.8, 4) is 0 Å². The summed E-state index contributed by atoms with van der Waals surface area (Å²) in [5, 5.41) is 6.39. The number of fused-ring (bicyclic) bond motifs is 1. The summed E-state index contributed by atoms with van der Waals surface area (Å²) >= 11 is 0. The van der Waals surface area contributed by atoms with E-state index in [-0.39, 0.29) is 0 Å². The van der Waals surface area contributed by atoms with Gasteiger partial charge in [-0.25, -0.2) is 9.97 Å². The molecule has 3 rings (SSSR count). The third-order valence-electron chi connectivity index (χ3n) is 3.03. The Morgan fingerprint density at radius 3 is 2.84 bits per heavy atom. The number of aryl methyl sites for hydroxylation is 1. The molecule has 2 N–H and O–H groups in total. The van der Waals surface area contributed by atoms with E-state index in [9.17, 15) is 0 Å². The van der Waals surface area contributed by atoms with Crippen LogP contribution in [0.3, 0.4) is 0 Å². The van der Waals surface area contributed by atoms with Crippen LogP contribution in [0, 0.1) is 6.92 Å². The molecule has 0 aliphatic carbocycles. The van der Waals surface area contributed by atoms with Gasteiger partial charge >= 0.3 is 0 Å². The summed E-state index contributed by atoms with van der Waals surface area (Å²) in [6, 6.07) is 8.11. The van der Waals surface area contributed by atoms with Crippen molar-refractivity contribution in [2.24, 2.45) is 0 Å². The fourth-order valence-electron chi connectivity index (χ4n) is 1.98. The molecule has 0 saturated carbocycles. The number of aromatic nitrogens is 3. The van der Waals surface area contributed by atoms with Crippen LogP contribution in [-0.2, 0) is 0 Å². The first-order valence-corrected chi connectivity index (χ1v) is 6.12. The minimum absolute atomic E-state index is 0.742. The number of para-hydroxylation sites is 1. The normalized spacial score (nSPS) is 10.6. The van der Waals surface area contributed by atoms with E-state index in [1.807, 2.05) is 42.0 Å². The highest BCUT2D eigenvalue weighted by molar-refractivity contribution is 5.72. The number of hydrogen-bond acceptors (Lipinski definition) is 4. The molecule has 0 unspecified atom stereocenters. The van der Waals surface area contributed by atoms with E-state index in [2.05, 4.69) is 33.6 Å².